The fourth-order valence-corrected chi connectivity index (χ4v) is 4.27. The summed E-state index contributed by atoms with van der Waals surface area (Å²) in [6.07, 6.45) is 5.94. The van der Waals surface area contributed by atoms with Gasteiger partial charge in [-0.1, -0.05) is 6.07 Å². The molecule has 3 heterocycles. The van der Waals surface area contributed by atoms with E-state index in [0.29, 0.717) is 5.11 Å². The van der Waals surface area contributed by atoms with E-state index in [4.69, 9.17) is 17.0 Å². The van der Waals surface area contributed by atoms with Gasteiger partial charge in [0.25, 0.3) is 0 Å². The van der Waals surface area contributed by atoms with E-state index >= 15 is 0 Å². The van der Waals surface area contributed by atoms with E-state index in [1.165, 1.54) is 7.11 Å². The molecule has 2 aromatic heterocycles. The second kappa shape index (κ2) is 8.87. The van der Waals surface area contributed by atoms with Crippen LogP contribution >= 0.6 is 12.2 Å². The Labute approximate surface area is 187 Å². The minimum absolute atomic E-state index is 0.0170. The zero-order valence-electron chi connectivity index (χ0n) is 17.7. The van der Waals surface area contributed by atoms with Gasteiger partial charge in [-0.3, -0.25) is 9.78 Å². The summed E-state index contributed by atoms with van der Waals surface area (Å²) in [5.74, 6) is -0.186. The van der Waals surface area contributed by atoms with Crippen LogP contribution in [0.4, 0.5) is 11.4 Å². The van der Waals surface area contributed by atoms with Gasteiger partial charge in [-0.25, -0.2) is 0 Å². The van der Waals surface area contributed by atoms with Gasteiger partial charge in [-0.05, 0) is 66.7 Å². The number of amides is 1. The number of nitrogens with one attached hydrogen (secondary N) is 2. The molecule has 1 aromatic carbocycles. The van der Waals surface area contributed by atoms with Crippen molar-refractivity contribution >= 4 is 34.6 Å². The molecule has 2 unspecified atom stereocenters. The van der Waals surface area contributed by atoms with Crippen LogP contribution in [-0.2, 0) is 16.6 Å². The summed E-state index contributed by atoms with van der Waals surface area (Å²) >= 11 is 5.76. The number of hydrogen-bond acceptors (Lipinski definition) is 4. The summed E-state index contributed by atoms with van der Waals surface area (Å²) in [6.45, 7) is 1.98. The van der Waals surface area contributed by atoms with Gasteiger partial charge in [-0.15, -0.1) is 0 Å². The molecule has 31 heavy (non-hydrogen) atoms. The molecule has 0 radical (unpaired) electrons. The second-order valence-corrected chi connectivity index (χ2v) is 7.97. The quantitative estimate of drug-likeness (QED) is 0.578. The number of methoxy groups -OCH3 is 1. The molecule has 3 aromatic rings. The van der Waals surface area contributed by atoms with Crippen molar-refractivity contribution in [3.05, 3.63) is 77.9 Å². The van der Waals surface area contributed by atoms with Crippen molar-refractivity contribution in [1.29, 1.82) is 0 Å². The Morgan fingerprint density at radius 2 is 2.13 bits per heavy atom. The van der Waals surface area contributed by atoms with Crippen LogP contribution in [0, 0.1) is 6.92 Å². The third-order valence-corrected chi connectivity index (χ3v) is 5.65. The fraction of sp³-hybridized carbons (Fsp3) is 0.261. The summed E-state index contributed by atoms with van der Waals surface area (Å²) in [7, 11) is 3.50. The lowest BCUT2D eigenvalue weighted by molar-refractivity contribution is -0.119. The van der Waals surface area contributed by atoms with Crippen molar-refractivity contribution in [1.82, 2.24) is 14.9 Å². The number of benzene rings is 1. The monoisotopic (exact) mass is 435 g/mol. The fourth-order valence-electron chi connectivity index (χ4n) is 3.93. The average molecular weight is 436 g/mol. The molecule has 1 aliphatic heterocycles. The molecule has 160 valence electrons. The molecule has 8 heteroatoms. The van der Waals surface area contributed by atoms with Crippen molar-refractivity contribution in [2.24, 2.45) is 7.05 Å². The number of anilines is 2. The Kier molecular flexibility index (Phi) is 6.01. The molecule has 1 aliphatic rings. The Morgan fingerprint density at radius 3 is 2.77 bits per heavy atom. The number of nitrogens with zero attached hydrogens (tertiary/aromatic N) is 3. The predicted molar refractivity (Wildman–Crippen MR) is 125 cm³/mol. The van der Waals surface area contributed by atoms with E-state index in [1.54, 1.807) is 6.20 Å². The summed E-state index contributed by atoms with van der Waals surface area (Å²) in [4.78, 5) is 18.6. The van der Waals surface area contributed by atoms with Crippen molar-refractivity contribution < 1.29 is 9.53 Å². The summed E-state index contributed by atoms with van der Waals surface area (Å²) in [5.41, 5.74) is 4.72. The van der Waals surface area contributed by atoms with Crippen LogP contribution in [-0.4, -0.2) is 34.3 Å². The lowest BCUT2D eigenvalue weighted by Crippen LogP contribution is -2.29. The van der Waals surface area contributed by atoms with Crippen molar-refractivity contribution in [3.63, 3.8) is 0 Å². The minimum Gasteiger partial charge on any atom is -0.375 e. The minimum atomic E-state index is -0.186. The first-order valence-corrected chi connectivity index (χ1v) is 10.4. The molecule has 0 bridgehead atoms. The number of thiocarbonyl (C=S) groups is 1. The summed E-state index contributed by atoms with van der Waals surface area (Å²) < 4.78 is 6.93. The van der Waals surface area contributed by atoms with E-state index < -0.39 is 0 Å². The standard InChI is InChI=1S/C23H25N5O2S/c1-15-12-17(7-8-18(15)25-20(29)14-30-3)28-22(16-9-11-27(2)13-16)21(26-23(28)31)19-6-4-5-10-24-19/h4-13,21-22H,14H2,1-3H3,(H,25,29)(H,26,31). The first-order valence-electron chi connectivity index (χ1n) is 10.00. The van der Waals surface area contributed by atoms with Gasteiger partial charge in [0.2, 0.25) is 5.91 Å². The maximum absolute atomic E-state index is 11.9. The molecule has 1 fully saturated rings. The van der Waals surface area contributed by atoms with Crippen LogP contribution in [0.1, 0.15) is 28.9 Å². The van der Waals surface area contributed by atoms with E-state index in [1.807, 2.05) is 61.1 Å². The highest BCUT2D eigenvalue weighted by molar-refractivity contribution is 7.80. The highest BCUT2D eigenvalue weighted by Crippen LogP contribution is 2.42. The smallest absolute Gasteiger partial charge is 0.250 e. The Balaban J connectivity index is 1.71. The van der Waals surface area contributed by atoms with Gasteiger partial charge in [0, 0.05) is 44.1 Å². The highest BCUT2D eigenvalue weighted by Gasteiger charge is 2.41. The number of carbonyl (C=O) groups excluding carboxylic acids is 1. The van der Waals surface area contributed by atoms with Crippen molar-refractivity contribution in [2.75, 3.05) is 23.9 Å². The van der Waals surface area contributed by atoms with Crippen LogP contribution in [0.25, 0.3) is 0 Å². The number of pyridine rings is 1. The average Bonchev–Trinajstić information content (AvgIpc) is 3.33. The van der Waals surface area contributed by atoms with Crippen LogP contribution in [0.3, 0.4) is 0 Å². The van der Waals surface area contributed by atoms with Crippen LogP contribution < -0.4 is 15.5 Å². The third kappa shape index (κ3) is 4.30. The molecule has 7 nitrogen and oxygen atoms in total. The number of hydrogen-bond donors (Lipinski definition) is 2. The molecule has 2 atom stereocenters. The zero-order valence-corrected chi connectivity index (χ0v) is 18.5. The summed E-state index contributed by atoms with van der Waals surface area (Å²) in [5, 5.41) is 6.97. The van der Waals surface area contributed by atoms with E-state index in [0.717, 1.165) is 28.2 Å². The van der Waals surface area contributed by atoms with Gasteiger partial charge >= 0.3 is 0 Å². The molecule has 4 rings (SSSR count). The second-order valence-electron chi connectivity index (χ2n) is 7.59. The molecule has 0 spiro atoms. The number of rotatable bonds is 6. The number of aromatic nitrogens is 2. The number of ether oxygens (including phenoxy) is 1. The topological polar surface area (TPSA) is 71.4 Å². The lowest BCUT2D eigenvalue weighted by Gasteiger charge is -2.28. The van der Waals surface area contributed by atoms with Crippen LogP contribution in [0.2, 0.25) is 0 Å². The number of aryl methyl sites for hydroxylation is 2. The lowest BCUT2D eigenvalue weighted by atomic mass is 9.98. The highest BCUT2D eigenvalue weighted by atomic mass is 32.1. The van der Waals surface area contributed by atoms with Gasteiger partial charge in [0.15, 0.2) is 5.11 Å². The summed E-state index contributed by atoms with van der Waals surface area (Å²) in [6, 6.07) is 13.8. The van der Waals surface area contributed by atoms with Crippen molar-refractivity contribution in [2.45, 2.75) is 19.0 Å². The van der Waals surface area contributed by atoms with Gasteiger partial charge in [0.1, 0.15) is 6.61 Å². The largest absolute Gasteiger partial charge is 0.375 e. The Bertz CT molecular complexity index is 1100. The first kappa shape index (κ1) is 21.0. The van der Waals surface area contributed by atoms with Gasteiger partial charge < -0.3 is 24.8 Å². The van der Waals surface area contributed by atoms with Crippen molar-refractivity contribution in [3.8, 4) is 0 Å². The Hall–Kier alpha value is -3.23. The zero-order chi connectivity index (χ0) is 22.0. The first-order chi connectivity index (χ1) is 15.0. The van der Waals surface area contributed by atoms with E-state index in [9.17, 15) is 4.79 Å². The third-order valence-electron chi connectivity index (χ3n) is 5.33. The molecular formula is C23H25N5O2S. The molecule has 1 saturated heterocycles. The molecule has 0 saturated carbocycles. The van der Waals surface area contributed by atoms with Crippen LogP contribution in [0.15, 0.2) is 61.1 Å². The molecule has 0 aliphatic carbocycles. The van der Waals surface area contributed by atoms with E-state index in [-0.39, 0.29) is 24.6 Å². The molecular weight excluding hydrogens is 410 g/mol. The SMILES string of the molecule is COCC(=O)Nc1ccc(N2C(=S)NC(c3ccccn3)C2c2ccn(C)c2)cc1C. The maximum Gasteiger partial charge on any atom is 0.250 e. The van der Waals surface area contributed by atoms with Gasteiger partial charge in [-0.2, -0.15) is 0 Å². The maximum atomic E-state index is 11.9. The normalized spacial score (nSPS) is 18.2. The number of carbonyl (C=O) groups is 1. The predicted octanol–water partition coefficient (Wildman–Crippen LogP) is 3.49. The molecule has 2 N–H and O–H groups in total. The Morgan fingerprint density at radius 1 is 1.29 bits per heavy atom. The van der Waals surface area contributed by atoms with E-state index in [2.05, 4.69) is 32.8 Å². The molecule has 1 amide bonds. The van der Waals surface area contributed by atoms with Gasteiger partial charge in [0.05, 0.1) is 17.8 Å². The van der Waals surface area contributed by atoms with Crippen LogP contribution in [0.5, 0.6) is 0 Å².